The van der Waals surface area contributed by atoms with Crippen molar-refractivity contribution >= 4 is 11.3 Å². The summed E-state index contributed by atoms with van der Waals surface area (Å²) < 4.78 is 0. The molecule has 2 N–H and O–H groups in total. The summed E-state index contributed by atoms with van der Waals surface area (Å²) in [7, 11) is 0. The molecular weight excluding hydrogens is 264 g/mol. The van der Waals surface area contributed by atoms with Gasteiger partial charge in [-0.05, 0) is 43.9 Å². The van der Waals surface area contributed by atoms with E-state index in [0.29, 0.717) is 0 Å². The van der Waals surface area contributed by atoms with Crippen LogP contribution in [0.2, 0.25) is 0 Å². The molecule has 0 radical (unpaired) electrons. The van der Waals surface area contributed by atoms with Crippen LogP contribution in [0, 0.1) is 11.8 Å². The number of hydrogen-bond acceptors (Lipinski definition) is 3. The van der Waals surface area contributed by atoms with Gasteiger partial charge in [0.05, 0.1) is 11.2 Å². The van der Waals surface area contributed by atoms with E-state index >= 15 is 0 Å². The Morgan fingerprint density at radius 1 is 1.40 bits per heavy atom. The van der Waals surface area contributed by atoms with Gasteiger partial charge in [0.1, 0.15) is 5.01 Å². The number of nitrogens with two attached hydrogens (primary N) is 1. The topological polar surface area (TPSA) is 38.9 Å². The molecular formula is C17H28N2S. The third-order valence-electron chi connectivity index (χ3n) is 5.20. The van der Waals surface area contributed by atoms with Gasteiger partial charge in [-0.25, -0.2) is 4.98 Å². The van der Waals surface area contributed by atoms with E-state index in [1.807, 2.05) is 11.3 Å². The Kier molecular flexibility index (Phi) is 4.19. The Morgan fingerprint density at radius 2 is 2.25 bits per heavy atom. The highest BCUT2D eigenvalue weighted by molar-refractivity contribution is 7.11. The first-order valence-electron chi connectivity index (χ1n) is 8.38. The molecule has 0 aliphatic heterocycles. The van der Waals surface area contributed by atoms with Gasteiger partial charge in [-0.15, -0.1) is 11.3 Å². The van der Waals surface area contributed by atoms with E-state index in [-0.39, 0.29) is 5.54 Å². The van der Waals surface area contributed by atoms with Gasteiger partial charge in [-0.2, -0.15) is 0 Å². The Morgan fingerprint density at radius 3 is 3.00 bits per heavy atom. The molecule has 1 saturated carbocycles. The molecule has 0 aromatic carbocycles. The van der Waals surface area contributed by atoms with Crippen LogP contribution in [0.25, 0.3) is 0 Å². The second-order valence-corrected chi connectivity index (χ2v) is 8.23. The minimum Gasteiger partial charge on any atom is -0.319 e. The quantitative estimate of drug-likeness (QED) is 0.896. The van der Waals surface area contributed by atoms with Crippen LogP contribution >= 0.6 is 11.3 Å². The SMILES string of the molecule is CCCC1CCc2nc(C3(N)CCCC(C)C3)sc2C1. The van der Waals surface area contributed by atoms with Gasteiger partial charge in [0, 0.05) is 4.88 Å². The van der Waals surface area contributed by atoms with Crippen LogP contribution in [0.5, 0.6) is 0 Å². The second kappa shape index (κ2) is 5.76. The van der Waals surface area contributed by atoms with E-state index in [2.05, 4.69) is 13.8 Å². The molecule has 1 fully saturated rings. The Hall–Kier alpha value is -0.410. The molecule has 112 valence electrons. The monoisotopic (exact) mass is 292 g/mol. The van der Waals surface area contributed by atoms with Crippen molar-refractivity contribution in [1.29, 1.82) is 0 Å². The lowest BCUT2D eigenvalue weighted by atomic mass is 9.77. The van der Waals surface area contributed by atoms with Crippen molar-refractivity contribution in [2.24, 2.45) is 17.6 Å². The van der Waals surface area contributed by atoms with E-state index in [1.54, 1.807) is 4.88 Å². The fourth-order valence-corrected chi connectivity index (χ4v) is 5.46. The van der Waals surface area contributed by atoms with Gasteiger partial charge < -0.3 is 5.73 Å². The van der Waals surface area contributed by atoms with Crippen molar-refractivity contribution in [2.45, 2.75) is 77.2 Å². The van der Waals surface area contributed by atoms with Crippen LogP contribution in [0.4, 0.5) is 0 Å². The maximum atomic E-state index is 6.72. The third kappa shape index (κ3) is 2.80. The fourth-order valence-electron chi connectivity index (χ4n) is 4.10. The number of nitrogens with zero attached hydrogens (tertiary/aromatic N) is 1. The van der Waals surface area contributed by atoms with Gasteiger partial charge in [0.15, 0.2) is 0 Å². The van der Waals surface area contributed by atoms with Crippen LogP contribution in [0.3, 0.4) is 0 Å². The molecule has 3 rings (SSSR count). The number of aromatic nitrogens is 1. The number of aryl methyl sites for hydroxylation is 1. The van der Waals surface area contributed by atoms with E-state index in [9.17, 15) is 0 Å². The lowest BCUT2D eigenvalue weighted by molar-refractivity contribution is 0.238. The molecule has 0 spiro atoms. The lowest BCUT2D eigenvalue weighted by Gasteiger charge is -2.35. The maximum Gasteiger partial charge on any atom is 0.113 e. The van der Waals surface area contributed by atoms with Crippen molar-refractivity contribution in [2.75, 3.05) is 0 Å². The molecule has 2 nitrogen and oxygen atoms in total. The van der Waals surface area contributed by atoms with Crippen molar-refractivity contribution in [3.63, 3.8) is 0 Å². The highest BCUT2D eigenvalue weighted by Crippen LogP contribution is 2.42. The molecule has 3 heteroatoms. The van der Waals surface area contributed by atoms with Gasteiger partial charge in [-0.3, -0.25) is 0 Å². The summed E-state index contributed by atoms with van der Waals surface area (Å²) in [6.07, 6.45) is 11.3. The highest BCUT2D eigenvalue weighted by Gasteiger charge is 2.36. The Labute approximate surface area is 127 Å². The zero-order valence-electron chi connectivity index (χ0n) is 13.0. The van der Waals surface area contributed by atoms with Crippen molar-refractivity contribution < 1.29 is 0 Å². The smallest absolute Gasteiger partial charge is 0.113 e. The van der Waals surface area contributed by atoms with Gasteiger partial charge in [-0.1, -0.05) is 39.5 Å². The Balaban J connectivity index is 1.79. The van der Waals surface area contributed by atoms with Crippen molar-refractivity contribution in [3.05, 3.63) is 15.6 Å². The standard InChI is InChI=1S/C17H28N2S/c1-3-5-13-7-8-14-15(10-13)20-16(19-14)17(18)9-4-6-12(2)11-17/h12-13H,3-11,18H2,1-2H3. The van der Waals surface area contributed by atoms with E-state index in [1.165, 1.54) is 55.6 Å². The molecule has 1 heterocycles. The normalized spacial score (nSPS) is 34.0. The summed E-state index contributed by atoms with van der Waals surface area (Å²) in [4.78, 5) is 6.52. The second-order valence-electron chi connectivity index (χ2n) is 7.14. The van der Waals surface area contributed by atoms with Crippen LogP contribution in [0.1, 0.15) is 74.4 Å². The zero-order valence-corrected chi connectivity index (χ0v) is 13.8. The lowest BCUT2D eigenvalue weighted by Crippen LogP contribution is -2.40. The third-order valence-corrected chi connectivity index (χ3v) is 6.54. The molecule has 1 aromatic heterocycles. The summed E-state index contributed by atoms with van der Waals surface area (Å²) in [5.41, 5.74) is 7.97. The van der Waals surface area contributed by atoms with Crippen LogP contribution in [-0.4, -0.2) is 4.98 Å². The summed E-state index contributed by atoms with van der Waals surface area (Å²) in [6, 6.07) is 0. The largest absolute Gasteiger partial charge is 0.319 e. The van der Waals surface area contributed by atoms with Crippen LogP contribution in [-0.2, 0) is 18.4 Å². The minimum absolute atomic E-state index is 0.125. The van der Waals surface area contributed by atoms with E-state index in [0.717, 1.165) is 24.7 Å². The molecule has 20 heavy (non-hydrogen) atoms. The molecule has 0 bridgehead atoms. The Bertz CT molecular complexity index is 468. The summed E-state index contributed by atoms with van der Waals surface area (Å²) >= 11 is 1.94. The van der Waals surface area contributed by atoms with Crippen LogP contribution < -0.4 is 5.73 Å². The first kappa shape index (κ1) is 14.5. The number of hydrogen-bond donors (Lipinski definition) is 1. The fraction of sp³-hybridized carbons (Fsp3) is 0.824. The molecule has 1 aromatic rings. The van der Waals surface area contributed by atoms with Gasteiger partial charge >= 0.3 is 0 Å². The predicted molar refractivity (Wildman–Crippen MR) is 86.0 cm³/mol. The van der Waals surface area contributed by atoms with Crippen LogP contribution in [0.15, 0.2) is 0 Å². The summed E-state index contributed by atoms with van der Waals surface area (Å²) in [5.74, 6) is 1.64. The molecule has 3 unspecified atom stereocenters. The minimum atomic E-state index is -0.125. The average Bonchev–Trinajstić information content (AvgIpc) is 2.83. The first-order valence-corrected chi connectivity index (χ1v) is 9.20. The number of thiazole rings is 1. The molecule has 2 aliphatic rings. The number of rotatable bonds is 3. The van der Waals surface area contributed by atoms with Gasteiger partial charge in [0.25, 0.3) is 0 Å². The molecule has 2 aliphatic carbocycles. The molecule has 3 atom stereocenters. The van der Waals surface area contributed by atoms with Crippen molar-refractivity contribution in [1.82, 2.24) is 4.98 Å². The maximum absolute atomic E-state index is 6.72. The number of fused-ring (bicyclic) bond motifs is 1. The highest BCUT2D eigenvalue weighted by atomic mass is 32.1. The molecule has 0 saturated heterocycles. The molecule has 0 amide bonds. The average molecular weight is 292 g/mol. The van der Waals surface area contributed by atoms with Gasteiger partial charge in [0.2, 0.25) is 0 Å². The first-order chi connectivity index (χ1) is 9.60. The summed E-state index contributed by atoms with van der Waals surface area (Å²) in [5, 5.41) is 1.24. The predicted octanol–water partition coefficient (Wildman–Crippen LogP) is 4.41. The van der Waals surface area contributed by atoms with E-state index < -0.39 is 0 Å². The summed E-state index contributed by atoms with van der Waals surface area (Å²) in [6.45, 7) is 4.64. The van der Waals surface area contributed by atoms with Crippen molar-refractivity contribution in [3.8, 4) is 0 Å². The van der Waals surface area contributed by atoms with E-state index in [4.69, 9.17) is 10.7 Å². The zero-order chi connectivity index (χ0) is 14.2.